The van der Waals surface area contributed by atoms with Crippen molar-refractivity contribution in [2.75, 3.05) is 11.5 Å². The minimum atomic E-state index is -3.80. The predicted octanol–water partition coefficient (Wildman–Crippen LogP) is 2.41. The summed E-state index contributed by atoms with van der Waals surface area (Å²) in [5.74, 6) is 0.565. The van der Waals surface area contributed by atoms with Gasteiger partial charge in [-0.05, 0) is 19.3 Å². The first-order valence-electron chi connectivity index (χ1n) is 5.87. The molecule has 1 aliphatic heterocycles. The van der Waals surface area contributed by atoms with E-state index in [4.69, 9.17) is 4.55 Å². The summed E-state index contributed by atoms with van der Waals surface area (Å²) >= 11 is 3.48. The van der Waals surface area contributed by atoms with E-state index < -0.39 is 10.1 Å². The Morgan fingerprint density at radius 2 is 2.18 bits per heavy atom. The minimum absolute atomic E-state index is 0.148. The number of rotatable bonds is 4. The first-order chi connectivity index (χ1) is 8.04. The van der Waals surface area contributed by atoms with E-state index in [1.165, 1.54) is 25.7 Å². The second-order valence-corrected chi connectivity index (χ2v) is 8.53. The molecule has 2 rings (SSSR count). The van der Waals surface area contributed by atoms with Crippen LogP contribution in [0, 0.1) is 0 Å². The second-order valence-electron chi connectivity index (χ2n) is 4.39. The Labute approximate surface area is 111 Å². The van der Waals surface area contributed by atoms with Crippen LogP contribution in [0.1, 0.15) is 32.1 Å². The Morgan fingerprint density at radius 1 is 1.41 bits per heavy atom. The smallest absolute Gasteiger partial charge is 0.264 e. The highest BCUT2D eigenvalue weighted by Gasteiger charge is 2.32. The number of hydrogen-bond acceptors (Lipinski definition) is 5. The molecule has 2 aliphatic rings. The van der Waals surface area contributed by atoms with E-state index in [9.17, 15) is 8.42 Å². The molecule has 98 valence electrons. The van der Waals surface area contributed by atoms with E-state index in [1.54, 1.807) is 11.8 Å². The number of thioether (sulfide) groups is 2. The van der Waals surface area contributed by atoms with Gasteiger partial charge in [-0.25, -0.2) is 0 Å². The molecule has 0 aromatic rings. The fraction of sp³-hybridized carbons (Fsp3) is 0.900. The molecule has 0 saturated heterocycles. The van der Waals surface area contributed by atoms with Crippen LogP contribution in [0.5, 0.6) is 0 Å². The second kappa shape index (κ2) is 5.95. The zero-order chi connectivity index (χ0) is 12.3. The number of nitrogens with zero attached hydrogens (tertiary/aromatic N) is 1. The van der Waals surface area contributed by atoms with Gasteiger partial charge in [0.2, 0.25) is 0 Å². The summed E-state index contributed by atoms with van der Waals surface area (Å²) in [6.07, 6.45) is 5.54. The van der Waals surface area contributed by atoms with Crippen LogP contribution in [0.2, 0.25) is 0 Å². The Bertz CT molecular complexity index is 394. The van der Waals surface area contributed by atoms with Crippen molar-refractivity contribution >= 4 is 38.0 Å². The highest BCUT2D eigenvalue weighted by molar-refractivity contribution is 8.39. The normalized spacial score (nSPS) is 28.9. The number of fused-ring (bicyclic) bond motifs is 1. The molecule has 0 spiro atoms. The molecule has 0 amide bonds. The van der Waals surface area contributed by atoms with Crippen molar-refractivity contribution in [3.05, 3.63) is 0 Å². The largest absolute Gasteiger partial charge is 0.286 e. The van der Waals surface area contributed by atoms with Gasteiger partial charge in [0, 0.05) is 11.0 Å². The average Bonchev–Trinajstić information content (AvgIpc) is 2.65. The van der Waals surface area contributed by atoms with Crippen molar-refractivity contribution < 1.29 is 13.0 Å². The van der Waals surface area contributed by atoms with Gasteiger partial charge in [0.1, 0.15) is 4.38 Å². The van der Waals surface area contributed by atoms with Crippen LogP contribution in [-0.4, -0.2) is 40.1 Å². The molecule has 7 heteroatoms. The Hall–Kier alpha value is 0.280. The lowest BCUT2D eigenvalue weighted by Crippen LogP contribution is -2.21. The van der Waals surface area contributed by atoms with E-state index in [0.717, 1.165) is 4.38 Å². The summed E-state index contributed by atoms with van der Waals surface area (Å²) in [5.41, 5.74) is 0. The van der Waals surface area contributed by atoms with Crippen LogP contribution in [-0.2, 0) is 10.1 Å². The first kappa shape index (κ1) is 13.7. The van der Waals surface area contributed by atoms with E-state index >= 15 is 0 Å². The molecule has 0 radical (unpaired) electrons. The fourth-order valence-electron chi connectivity index (χ4n) is 2.13. The zero-order valence-corrected chi connectivity index (χ0v) is 12.0. The molecule has 0 bridgehead atoms. The Kier molecular flexibility index (Phi) is 4.80. The van der Waals surface area contributed by atoms with Crippen molar-refractivity contribution in [3.8, 4) is 0 Å². The SMILES string of the molecule is O=S(=O)(O)CCCSC1=NC2CCCCC2S1. The predicted molar refractivity (Wildman–Crippen MR) is 74.6 cm³/mol. The summed E-state index contributed by atoms with van der Waals surface area (Å²) in [6, 6.07) is 0.498. The maximum Gasteiger partial charge on any atom is 0.264 e. The third-order valence-electron chi connectivity index (χ3n) is 2.96. The van der Waals surface area contributed by atoms with E-state index in [1.807, 2.05) is 11.8 Å². The lowest BCUT2D eigenvalue weighted by atomic mass is 9.96. The molecule has 1 heterocycles. The number of aliphatic imine (C=N–C) groups is 1. The van der Waals surface area contributed by atoms with Gasteiger partial charge in [-0.15, -0.1) is 0 Å². The molecule has 0 aromatic heterocycles. The molecule has 1 aliphatic carbocycles. The summed E-state index contributed by atoms with van der Waals surface area (Å²) in [6.45, 7) is 0. The van der Waals surface area contributed by atoms with Crippen LogP contribution in [0.25, 0.3) is 0 Å². The minimum Gasteiger partial charge on any atom is -0.286 e. The van der Waals surface area contributed by atoms with Crippen LogP contribution in [0.3, 0.4) is 0 Å². The first-order valence-corrected chi connectivity index (χ1v) is 9.34. The summed E-state index contributed by atoms with van der Waals surface area (Å²) in [4.78, 5) is 4.67. The van der Waals surface area contributed by atoms with E-state index in [-0.39, 0.29) is 5.75 Å². The van der Waals surface area contributed by atoms with Gasteiger partial charge in [0.25, 0.3) is 10.1 Å². The number of hydrogen-bond donors (Lipinski definition) is 1. The molecule has 2 atom stereocenters. The summed E-state index contributed by atoms with van der Waals surface area (Å²) in [5, 5.41) is 0.660. The van der Waals surface area contributed by atoms with Crippen molar-refractivity contribution in [1.82, 2.24) is 0 Å². The standard InChI is InChI=1S/C10H17NO3S3/c12-17(13,14)7-3-6-15-10-11-8-4-1-2-5-9(8)16-10/h8-9H,1-7H2,(H,12,13,14). The van der Waals surface area contributed by atoms with Crippen molar-refractivity contribution in [1.29, 1.82) is 0 Å². The van der Waals surface area contributed by atoms with Gasteiger partial charge in [0.15, 0.2) is 0 Å². The monoisotopic (exact) mass is 295 g/mol. The Balaban J connectivity index is 1.70. The van der Waals surface area contributed by atoms with Gasteiger partial charge in [0.05, 0.1) is 11.8 Å². The highest BCUT2D eigenvalue weighted by Crippen LogP contribution is 2.40. The molecule has 0 aromatic carbocycles. The summed E-state index contributed by atoms with van der Waals surface area (Å²) < 4.78 is 30.8. The molecule has 2 unspecified atom stereocenters. The average molecular weight is 295 g/mol. The van der Waals surface area contributed by atoms with Gasteiger partial charge in [-0.1, -0.05) is 36.4 Å². The molecule has 1 fully saturated rings. The zero-order valence-electron chi connectivity index (χ0n) is 9.54. The molecular formula is C10H17NO3S3. The van der Waals surface area contributed by atoms with Crippen LogP contribution >= 0.6 is 23.5 Å². The van der Waals surface area contributed by atoms with Crippen molar-refractivity contribution in [2.45, 2.75) is 43.4 Å². The lowest BCUT2D eigenvalue weighted by molar-refractivity contribution is 0.462. The van der Waals surface area contributed by atoms with Crippen molar-refractivity contribution in [2.24, 2.45) is 4.99 Å². The lowest BCUT2D eigenvalue weighted by Gasteiger charge is -2.21. The molecule has 17 heavy (non-hydrogen) atoms. The third-order valence-corrected chi connectivity index (χ3v) is 6.41. The quantitative estimate of drug-likeness (QED) is 0.637. The maximum absolute atomic E-state index is 10.5. The summed E-state index contributed by atoms with van der Waals surface area (Å²) in [7, 11) is -3.80. The van der Waals surface area contributed by atoms with Gasteiger partial charge in [-0.3, -0.25) is 9.55 Å². The van der Waals surface area contributed by atoms with Crippen LogP contribution < -0.4 is 0 Å². The highest BCUT2D eigenvalue weighted by atomic mass is 32.2. The molecule has 1 saturated carbocycles. The van der Waals surface area contributed by atoms with Crippen LogP contribution in [0.4, 0.5) is 0 Å². The molecule has 4 nitrogen and oxygen atoms in total. The molecular weight excluding hydrogens is 278 g/mol. The third kappa shape index (κ3) is 4.46. The van der Waals surface area contributed by atoms with Crippen LogP contribution in [0.15, 0.2) is 4.99 Å². The Morgan fingerprint density at radius 3 is 2.88 bits per heavy atom. The van der Waals surface area contributed by atoms with E-state index in [0.29, 0.717) is 23.5 Å². The fourth-order valence-corrected chi connectivity index (χ4v) is 5.48. The van der Waals surface area contributed by atoms with Gasteiger partial charge >= 0.3 is 0 Å². The van der Waals surface area contributed by atoms with Gasteiger partial charge < -0.3 is 0 Å². The maximum atomic E-state index is 10.5. The molecule has 1 N–H and O–H groups in total. The van der Waals surface area contributed by atoms with Gasteiger partial charge in [-0.2, -0.15) is 8.42 Å². The topological polar surface area (TPSA) is 66.7 Å². The van der Waals surface area contributed by atoms with Crippen molar-refractivity contribution in [3.63, 3.8) is 0 Å². The van der Waals surface area contributed by atoms with E-state index in [2.05, 4.69) is 4.99 Å².